The molecule has 1 aliphatic rings. The molecule has 0 N–H and O–H groups in total. The Labute approximate surface area is 126 Å². The van der Waals surface area contributed by atoms with Crippen LogP contribution in [0.25, 0.3) is 0 Å². The number of sulfonamides is 1. The van der Waals surface area contributed by atoms with Crippen molar-refractivity contribution in [3.8, 4) is 0 Å². The molecular formula is C15H22N2O3S. The van der Waals surface area contributed by atoms with E-state index in [-0.39, 0.29) is 5.91 Å². The molecule has 0 aromatic heterocycles. The first kappa shape index (κ1) is 16.0. The van der Waals surface area contributed by atoms with Crippen molar-refractivity contribution in [2.45, 2.75) is 31.6 Å². The molecule has 0 unspecified atom stereocenters. The van der Waals surface area contributed by atoms with Gasteiger partial charge in [-0.15, -0.1) is 0 Å². The van der Waals surface area contributed by atoms with Gasteiger partial charge in [0.15, 0.2) is 0 Å². The van der Waals surface area contributed by atoms with Crippen molar-refractivity contribution in [3.63, 3.8) is 0 Å². The van der Waals surface area contributed by atoms with Gasteiger partial charge in [-0.3, -0.25) is 4.79 Å². The van der Waals surface area contributed by atoms with Gasteiger partial charge in [-0.05, 0) is 24.1 Å². The molecule has 0 radical (unpaired) electrons. The molecule has 0 aliphatic carbocycles. The van der Waals surface area contributed by atoms with Gasteiger partial charge in [0.05, 0.1) is 4.90 Å². The van der Waals surface area contributed by atoms with E-state index in [0.717, 1.165) is 12.0 Å². The summed E-state index contributed by atoms with van der Waals surface area (Å²) in [4.78, 5) is 13.7. The van der Waals surface area contributed by atoms with Crippen LogP contribution in [-0.2, 0) is 21.2 Å². The van der Waals surface area contributed by atoms with Crippen molar-refractivity contribution in [1.82, 2.24) is 9.21 Å². The van der Waals surface area contributed by atoms with Crippen LogP contribution in [0.2, 0.25) is 0 Å². The van der Waals surface area contributed by atoms with Crippen LogP contribution in [0.15, 0.2) is 29.2 Å². The second kappa shape index (κ2) is 6.58. The van der Waals surface area contributed by atoms with Crippen molar-refractivity contribution >= 4 is 15.9 Å². The maximum Gasteiger partial charge on any atom is 0.243 e. The van der Waals surface area contributed by atoms with Gasteiger partial charge in [0.2, 0.25) is 15.9 Å². The van der Waals surface area contributed by atoms with Crippen LogP contribution in [0.4, 0.5) is 0 Å². The first-order chi connectivity index (χ1) is 9.98. The fraction of sp³-hybridized carbons (Fsp3) is 0.533. The quantitative estimate of drug-likeness (QED) is 0.846. The molecule has 1 heterocycles. The van der Waals surface area contributed by atoms with Crippen LogP contribution in [0.3, 0.4) is 0 Å². The number of rotatable bonds is 4. The lowest BCUT2D eigenvalue weighted by Crippen LogP contribution is -2.50. The van der Waals surface area contributed by atoms with E-state index in [1.54, 1.807) is 17.0 Å². The number of amides is 1. The summed E-state index contributed by atoms with van der Waals surface area (Å²) in [6.07, 6.45) is 1.35. The molecule has 0 atom stereocenters. The Morgan fingerprint density at radius 1 is 1.05 bits per heavy atom. The molecule has 2 rings (SSSR count). The zero-order chi connectivity index (χ0) is 15.5. The smallest absolute Gasteiger partial charge is 0.243 e. The van der Waals surface area contributed by atoms with E-state index in [0.29, 0.717) is 37.5 Å². The lowest BCUT2D eigenvalue weighted by atomic mass is 10.2. The van der Waals surface area contributed by atoms with Crippen LogP contribution in [0, 0.1) is 0 Å². The number of hydrogen-bond acceptors (Lipinski definition) is 3. The van der Waals surface area contributed by atoms with Crippen molar-refractivity contribution in [3.05, 3.63) is 29.8 Å². The Kier molecular flexibility index (Phi) is 5.00. The normalized spacial score (nSPS) is 17.0. The van der Waals surface area contributed by atoms with Gasteiger partial charge in [-0.25, -0.2) is 8.42 Å². The lowest BCUT2D eigenvalue weighted by molar-refractivity contribution is -0.132. The highest BCUT2D eigenvalue weighted by Crippen LogP contribution is 2.18. The molecule has 6 heteroatoms. The first-order valence-electron chi connectivity index (χ1n) is 7.36. The Morgan fingerprint density at radius 3 is 2.10 bits per heavy atom. The minimum atomic E-state index is -3.45. The maximum absolute atomic E-state index is 12.6. The summed E-state index contributed by atoms with van der Waals surface area (Å²) >= 11 is 0. The van der Waals surface area contributed by atoms with Gasteiger partial charge in [-0.1, -0.05) is 26.0 Å². The van der Waals surface area contributed by atoms with Crippen LogP contribution in [0.1, 0.15) is 25.8 Å². The number of nitrogens with zero attached hydrogens (tertiary/aromatic N) is 2. The second-order valence-corrected chi connectivity index (χ2v) is 7.07. The highest BCUT2D eigenvalue weighted by Gasteiger charge is 2.29. The van der Waals surface area contributed by atoms with Crippen LogP contribution < -0.4 is 0 Å². The summed E-state index contributed by atoms with van der Waals surface area (Å²) in [5, 5.41) is 0. The lowest BCUT2D eigenvalue weighted by Gasteiger charge is -2.33. The first-order valence-corrected chi connectivity index (χ1v) is 8.80. The van der Waals surface area contributed by atoms with Crippen LogP contribution >= 0.6 is 0 Å². The minimum absolute atomic E-state index is 0.0827. The summed E-state index contributed by atoms with van der Waals surface area (Å²) in [6.45, 7) is 5.53. The molecule has 0 bridgehead atoms. The zero-order valence-corrected chi connectivity index (χ0v) is 13.4. The van der Waals surface area contributed by atoms with E-state index >= 15 is 0 Å². The van der Waals surface area contributed by atoms with Gasteiger partial charge in [0, 0.05) is 32.6 Å². The number of piperazine rings is 1. The van der Waals surface area contributed by atoms with Crippen molar-refractivity contribution < 1.29 is 13.2 Å². The van der Waals surface area contributed by atoms with E-state index in [1.807, 2.05) is 26.0 Å². The highest BCUT2D eigenvalue weighted by atomic mass is 32.2. The van der Waals surface area contributed by atoms with Gasteiger partial charge in [0.25, 0.3) is 0 Å². The van der Waals surface area contributed by atoms with Gasteiger partial charge in [0.1, 0.15) is 0 Å². The topological polar surface area (TPSA) is 57.7 Å². The van der Waals surface area contributed by atoms with E-state index < -0.39 is 10.0 Å². The summed E-state index contributed by atoms with van der Waals surface area (Å²) in [6, 6.07) is 7.03. The molecule has 1 fully saturated rings. The summed E-state index contributed by atoms with van der Waals surface area (Å²) in [5.74, 6) is 0.0827. The third-order valence-corrected chi connectivity index (χ3v) is 5.78. The molecule has 1 saturated heterocycles. The van der Waals surface area contributed by atoms with Crippen molar-refractivity contribution in [1.29, 1.82) is 0 Å². The maximum atomic E-state index is 12.6. The highest BCUT2D eigenvalue weighted by molar-refractivity contribution is 7.89. The molecule has 116 valence electrons. The third-order valence-electron chi connectivity index (χ3n) is 3.86. The number of carbonyl (C=O) groups is 1. The van der Waals surface area contributed by atoms with E-state index in [1.165, 1.54) is 4.31 Å². The summed E-state index contributed by atoms with van der Waals surface area (Å²) in [5.41, 5.74) is 1.12. The van der Waals surface area contributed by atoms with E-state index in [9.17, 15) is 13.2 Å². The zero-order valence-electron chi connectivity index (χ0n) is 12.6. The molecule has 1 amide bonds. The number of aryl methyl sites for hydroxylation is 1. The van der Waals surface area contributed by atoms with Gasteiger partial charge < -0.3 is 4.90 Å². The Balaban J connectivity index is 2.09. The molecule has 5 nitrogen and oxygen atoms in total. The molecule has 1 aromatic rings. The molecular weight excluding hydrogens is 288 g/mol. The van der Waals surface area contributed by atoms with Crippen molar-refractivity contribution in [2.75, 3.05) is 26.2 Å². The standard InChI is InChI=1S/C15H22N2O3S/c1-3-13-5-7-14(8-6-13)21(19,20)17-11-9-16(10-12-17)15(18)4-2/h5-8H,3-4,9-12H2,1-2H3. The van der Waals surface area contributed by atoms with Crippen LogP contribution in [0.5, 0.6) is 0 Å². The van der Waals surface area contributed by atoms with Crippen LogP contribution in [-0.4, -0.2) is 49.7 Å². The summed E-state index contributed by atoms with van der Waals surface area (Å²) in [7, 11) is -3.45. The third kappa shape index (κ3) is 3.44. The molecule has 0 spiro atoms. The largest absolute Gasteiger partial charge is 0.340 e. The number of carbonyl (C=O) groups excluding carboxylic acids is 1. The Hall–Kier alpha value is -1.40. The average Bonchev–Trinajstić information content (AvgIpc) is 2.54. The number of hydrogen-bond donors (Lipinski definition) is 0. The van der Waals surface area contributed by atoms with E-state index in [2.05, 4.69) is 0 Å². The Morgan fingerprint density at radius 2 is 1.62 bits per heavy atom. The predicted octanol–water partition coefficient (Wildman–Crippen LogP) is 1.49. The van der Waals surface area contributed by atoms with Gasteiger partial charge >= 0.3 is 0 Å². The molecule has 0 saturated carbocycles. The predicted molar refractivity (Wildman–Crippen MR) is 81.4 cm³/mol. The Bertz CT molecular complexity index is 588. The average molecular weight is 310 g/mol. The summed E-state index contributed by atoms with van der Waals surface area (Å²) < 4.78 is 26.6. The SMILES string of the molecule is CCC(=O)N1CCN(S(=O)(=O)c2ccc(CC)cc2)CC1. The van der Waals surface area contributed by atoms with E-state index in [4.69, 9.17) is 0 Å². The fourth-order valence-corrected chi connectivity index (χ4v) is 3.87. The second-order valence-electron chi connectivity index (χ2n) is 5.14. The minimum Gasteiger partial charge on any atom is -0.340 e. The molecule has 1 aromatic carbocycles. The molecule has 1 aliphatic heterocycles. The van der Waals surface area contributed by atoms with Gasteiger partial charge in [-0.2, -0.15) is 4.31 Å². The fourth-order valence-electron chi connectivity index (χ4n) is 2.45. The molecule has 21 heavy (non-hydrogen) atoms. The number of benzene rings is 1. The monoisotopic (exact) mass is 310 g/mol. The van der Waals surface area contributed by atoms with Crippen molar-refractivity contribution in [2.24, 2.45) is 0 Å².